The molecule has 0 bridgehead atoms. The molecule has 1 aliphatic heterocycles. The molecule has 1 atom stereocenters. The Morgan fingerprint density at radius 2 is 2.03 bits per heavy atom. The van der Waals surface area contributed by atoms with Crippen molar-refractivity contribution >= 4 is 40.6 Å². The molecule has 0 aliphatic carbocycles. The van der Waals surface area contributed by atoms with Crippen LogP contribution in [-0.2, 0) is 6.42 Å². The van der Waals surface area contributed by atoms with Crippen LogP contribution in [0.15, 0.2) is 36.8 Å². The molecule has 0 radical (unpaired) electrons. The summed E-state index contributed by atoms with van der Waals surface area (Å²) in [5.74, 6) is -1.62. The predicted molar refractivity (Wildman–Crippen MR) is 105 cm³/mol. The molecule has 3 heterocycles. The number of nitrogens with zero attached hydrogens (tertiary/aromatic N) is 5. The van der Waals surface area contributed by atoms with E-state index in [0.29, 0.717) is 33.5 Å². The first-order valence-corrected chi connectivity index (χ1v) is 9.44. The summed E-state index contributed by atoms with van der Waals surface area (Å²) in [7, 11) is 0. The van der Waals surface area contributed by atoms with Crippen LogP contribution in [0.3, 0.4) is 0 Å². The van der Waals surface area contributed by atoms with Gasteiger partial charge in [0.1, 0.15) is 11.4 Å². The van der Waals surface area contributed by atoms with E-state index in [1.807, 2.05) is 6.92 Å². The van der Waals surface area contributed by atoms with Gasteiger partial charge in [-0.2, -0.15) is 9.49 Å². The third-order valence-electron chi connectivity index (χ3n) is 4.64. The van der Waals surface area contributed by atoms with Gasteiger partial charge in [-0.05, 0) is 25.1 Å². The Bertz CT molecular complexity index is 1130. The third-order valence-corrected chi connectivity index (χ3v) is 5.38. The first kappa shape index (κ1) is 19.5. The number of carbonyl (C=O) groups excluding carboxylic acids is 2. The van der Waals surface area contributed by atoms with Crippen molar-refractivity contribution in [1.29, 1.82) is 0 Å². The van der Waals surface area contributed by atoms with Crippen LogP contribution in [0.25, 0.3) is 0 Å². The van der Waals surface area contributed by atoms with E-state index in [0.717, 1.165) is 6.20 Å². The number of carbonyl (C=O) groups is 2. The minimum Gasteiger partial charge on any atom is -0.305 e. The molecule has 1 amide bonds. The van der Waals surface area contributed by atoms with Gasteiger partial charge in [-0.15, -0.1) is 0 Å². The molecule has 7 nitrogen and oxygen atoms in total. The molecule has 1 aromatic carbocycles. The number of benzene rings is 1. The Hall–Kier alpha value is -2.84. The van der Waals surface area contributed by atoms with E-state index in [1.165, 1.54) is 12.4 Å². The molecule has 0 saturated heterocycles. The molecule has 0 saturated carbocycles. The van der Waals surface area contributed by atoms with Crippen molar-refractivity contribution < 1.29 is 14.0 Å². The minimum absolute atomic E-state index is 0.109. The monoisotopic (exact) mass is 433 g/mol. The fourth-order valence-corrected chi connectivity index (χ4v) is 3.56. The molecular weight excluding hydrogens is 420 g/mol. The molecule has 0 spiro atoms. The highest BCUT2D eigenvalue weighted by Gasteiger charge is 2.34. The molecule has 0 unspecified atom stereocenters. The normalized spacial score (nSPS) is 16.1. The van der Waals surface area contributed by atoms with E-state index in [-0.39, 0.29) is 24.1 Å². The first-order valence-electron chi connectivity index (χ1n) is 8.69. The summed E-state index contributed by atoms with van der Waals surface area (Å²) in [6.07, 6.45) is 3.43. The highest BCUT2D eigenvalue weighted by Crippen LogP contribution is 2.32. The summed E-state index contributed by atoms with van der Waals surface area (Å²) in [5, 5.41) is 5.00. The van der Waals surface area contributed by atoms with E-state index in [4.69, 9.17) is 23.2 Å². The van der Waals surface area contributed by atoms with Crippen LogP contribution < -0.4 is 4.90 Å². The van der Waals surface area contributed by atoms with Gasteiger partial charge in [-0.25, -0.2) is 4.98 Å². The number of amides is 1. The SMILES string of the molecule is C[C@H]1CN(c2ccc(Cl)c(Cl)c2)C(=O)c2c(CC(=O)c3cncc(F)n3)cnn21. The number of hydrogen-bond acceptors (Lipinski definition) is 5. The van der Waals surface area contributed by atoms with Crippen LogP contribution in [0.4, 0.5) is 10.1 Å². The molecule has 4 rings (SSSR count). The summed E-state index contributed by atoms with van der Waals surface area (Å²) in [6, 6.07) is 4.82. The molecule has 148 valence electrons. The Morgan fingerprint density at radius 1 is 1.24 bits per heavy atom. The molecule has 0 fully saturated rings. The zero-order chi connectivity index (χ0) is 20.7. The molecule has 3 aromatic rings. The number of Topliss-reactive ketones (excluding diaryl/α,β-unsaturated/α-hetero) is 1. The number of ketones is 1. The second kappa shape index (κ2) is 7.53. The van der Waals surface area contributed by atoms with E-state index in [2.05, 4.69) is 15.1 Å². The van der Waals surface area contributed by atoms with Gasteiger partial charge < -0.3 is 4.90 Å². The van der Waals surface area contributed by atoms with Crippen molar-refractivity contribution in [3.8, 4) is 0 Å². The topological polar surface area (TPSA) is 81.0 Å². The van der Waals surface area contributed by atoms with Crippen LogP contribution in [0.1, 0.15) is 39.5 Å². The highest BCUT2D eigenvalue weighted by molar-refractivity contribution is 6.42. The fraction of sp³-hybridized carbons (Fsp3) is 0.211. The van der Waals surface area contributed by atoms with Crippen molar-refractivity contribution in [1.82, 2.24) is 19.7 Å². The highest BCUT2D eigenvalue weighted by atomic mass is 35.5. The number of anilines is 1. The smallest absolute Gasteiger partial charge is 0.276 e. The lowest BCUT2D eigenvalue weighted by molar-refractivity contribution is 0.0951. The average Bonchev–Trinajstić information content (AvgIpc) is 3.11. The molecule has 10 heteroatoms. The van der Waals surface area contributed by atoms with Crippen LogP contribution in [0, 0.1) is 5.95 Å². The number of hydrogen-bond donors (Lipinski definition) is 0. The lowest BCUT2D eigenvalue weighted by atomic mass is 10.0. The Morgan fingerprint density at radius 3 is 2.76 bits per heavy atom. The van der Waals surface area contributed by atoms with Crippen molar-refractivity contribution in [3.63, 3.8) is 0 Å². The molecule has 29 heavy (non-hydrogen) atoms. The maximum atomic E-state index is 13.3. The Kier molecular flexibility index (Phi) is 5.06. The van der Waals surface area contributed by atoms with Crippen molar-refractivity contribution in [2.75, 3.05) is 11.4 Å². The molecule has 1 aliphatic rings. The summed E-state index contributed by atoms with van der Waals surface area (Å²) >= 11 is 12.1. The van der Waals surface area contributed by atoms with Gasteiger partial charge in [0.05, 0.1) is 34.7 Å². The van der Waals surface area contributed by atoms with Crippen LogP contribution in [-0.4, -0.2) is 38.0 Å². The van der Waals surface area contributed by atoms with Gasteiger partial charge in [0.25, 0.3) is 5.91 Å². The summed E-state index contributed by atoms with van der Waals surface area (Å²) in [6.45, 7) is 2.30. The fourth-order valence-electron chi connectivity index (χ4n) is 3.26. The quantitative estimate of drug-likeness (QED) is 0.584. The number of aromatic nitrogens is 4. The average molecular weight is 434 g/mol. The maximum absolute atomic E-state index is 13.3. The first-order chi connectivity index (χ1) is 13.8. The van der Waals surface area contributed by atoms with Crippen LogP contribution >= 0.6 is 23.2 Å². The second-order valence-electron chi connectivity index (χ2n) is 6.65. The van der Waals surface area contributed by atoms with Crippen molar-refractivity contribution in [3.05, 3.63) is 69.7 Å². The van der Waals surface area contributed by atoms with E-state index < -0.39 is 11.7 Å². The second-order valence-corrected chi connectivity index (χ2v) is 7.47. The van der Waals surface area contributed by atoms with Gasteiger partial charge in [-0.1, -0.05) is 23.2 Å². The van der Waals surface area contributed by atoms with E-state index in [1.54, 1.807) is 27.8 Å². The van der Waals surface area contributed by atoms with Crippen molar-refractivity contribution in [2.24, 2.45) is 0 Å². The largest absolute Gasteiger partial charge is 0.305 e. The lowest BCUT2D eigenvalue weighted by Crippen LogP contribution is -2.43. The molecule has 2 aromatic heterocycles. The summed E-state index contributed by atoms with van der Waals surface area (Å²) in [5.41, 5.74) is 1.22. The third kappa shape index (κ3) is 3.61. The van der Waals surface area contributed by atoms with Gasteiger partial charge in [0.15, 0.2) is 5.78 Å². The van der Waals surface area contributed by atoms with Gasteiger partial charge >= 0.3 is 0 Å². The van der Waals surface area contributed by atoms with E-state index >= 15 is 0 Å². The standard InChI is InChI=1S/C19H14Cl2FN5O2/c1-10-9-26(12-2-3-13(20)14(21)5-12)19(29)18-11(6-24-27(10)18)4-16(28)15-7-23-8-17(22)25-15/h2-3,5-8,10H,4,9H2,1H3/t10-/m0/s1. The van der Waals surface area contributed by atoms with Gasteiger partial charge in [0.2, 0.25) is 5.95 Å². The molecule has 0 N–H and O–H groups in total. The number of halogens is 3. The van der Waals surface area contributed by atoms with Crippen LogP contribution in [0.5, 0.6) is 0 Å². The van der Waals surface area contributed by atoms with Crippen molar-refractivity contribution in [2.45, 2.75) is 19.4 Å². The Balaban J connectivity index is 1.67. The van der Waals surface area contributed by atoms with Gasteiger partial charge in [0, 0.05) is 24.2 Å². The number of rotatable bonds is 4. The number of fused-ring (bicyclic) bond motifs is 1. The Labute approximate surface area is 175 Å². The predicted octanol–water partition coefficient (Wildman–Crippen LogP) is 3.77. The zero-order valence-electron chi connectivity index (χ0n) is 15.1. The lowest BCUT2D eigenvalue weighted by Gasteiger charge is -2.32. The maximum Gasteiger partial charge on any atom is 0.276 e. The van der Waals surface area contributed by atoms with Crippen LogP contribution in [0.2, 0.25) is 10.0 Å². The molecular formula is C19H14Cl2FN5O2. The summed E-state index contributed by atoms with van der Waals surface area (Å²) in [4.78, 5) is 34.5. The van der Waals surface area contributed by atoms with E-state index in [9.17, 15) is 14.0 Å². The van der Waals surface area contributed by atoms with Gasteiger partial charge in [-0.3, -0.25) is 19.3 Å². The zero-order valence-corrected chi connectivity index (χ0v) is 16.7. The summed E-state index contributed by atoms with van der Waals surface area (Å²) < 4.78 is 14.9. The minimum atomic E-state index is -0.844.